The first-order chi connectivity index (χ1) is 10.4. The van der Waals surface area contributed by atoms with Crippen molar-refractivity contribution in [2.45, 2.75) is 13.8 Å². The third-order valence-electron chi connectivity index (χ3n) is 2.76. The van der Waals surface area contributed by atoms with Gasteiger partial charge in [0, 0.05) is 13.1 Å². The zero-order valence-corrected chi connectivity index (χ0v) is 18.6. The van der Waals surface area contributed by atoms with Crippen molar-refractivity contribution in [1.82, 2.24) is 9.80 Å². The molecule has 0 heterocycles. The number of hydrogen-bond acceptors (Lipinski definition) is 2. The summed E-state index contributed by atoms with van der Waals surface area (Å²) in [6.45, 7) is 6.42. The topological polar surface area (TPSA) is 6.48 Å². The zero-order chi connectivity index (χ0) is 16.8. The Morgan fingerprint density at radius 2 is 0.913 bits per heavy atom. The minimum absolute atomic E-state index is 0. The van der Waals surface area contributed by atoms with Gasteiger partial charge in [-0.15, -0.1) is 0 Å². The minimum atomic E-state index is 0. The normalized spacial score (nSPS) is 9.22. The molecule has 0 saturated carbocycles. The van der Waals surface area contributed by atoms with E-state index in [0.717, 1.165) is 13.1 Å². The van der Waals surface area contributed by atoms with E-state index in [1.165, 1.54) is 11.1 Å². The molecule has 0 bridgehead atoms. The second-order valence-electron chi connectivity index (χ2n) is 5.76. The van der Waals surface area contributed by atoms with Crippen molar-refractivity contribution in [2.24, 2.45) is 0 Å². The molecule has 0 fully saturated rings. The van der Waals surface area contributed by atoms with E-state index in [9.17, 15) is 0 Å². The molecule has 0 spiro atoms. The Hall–Kier alpha value is -1.02. The standard InChI is InChI=1S/2C7H7.C6H16N2.Zn/c2*1-7-5-3-2-4-6-7;1-7(2)5-6-8(3)4;/h2*3-6H,1H3;5-6H2,1-4H3;/q2*-1;;+2. The zero-order valence-electron chi connectivity index (χ0n) is 15.6. The predicted octanol–water partition coefficient (Wildman–Crippen LogP) is 3.70. The van der Waals surface area contributed by atoms with Crippen LogP contribution in [-0.2, 0) is 19.5 Å². The van der Waals surface area contributed by atoms with Crippen LogP contribution in [0.15, 0.2) is 48.5 Å². The van der Waals surface area contributed by atoms with E-state index in [1.807, 2.05) is 48.5 Å². The van der Waals surface area contributed by atoms with E-state index in [1.54, 1.807) is 0 Å². The fourth-order valence-electron chi connectivity index (χ4n) is 1.34. The van der Waals surface area contributed by atoms with E-state index >= 15 is 0 Å². The molecule has 0 aliphatic rings. The molecule has 0 radical (unpaired) electrons. The van der Waals surface area contributed by atoms with E-state index in [-0.39, 0.29) is 19.5 Å². The van der Waals surface area contributed by atoms with Gasteiger partial charge in [-0.05, 0) is 28.2 Å². The molecule has 0 N–H and O–H groups in total. The molecule has 0 aliphatic carbocycles. The van der Waals surface area contributed by atoms with Crippen molar-refractivity contribution in [2.75, 3.05) is 41.3 Å². The van der Waals surface area contributed by atoms with Gasteiger partial charge in [0.25, 0.3) is 0 Å². The summed E-state index contributed by atoms with van der Waals surface area (Å²) in [5, 5.41) is 0. The molecule has 0 unspecified atom stereocenters. The summed E-state index contributed by atoms with van der Waals surface area (Å²) in [7, 11) is 8.35. The summed E-state index contributed by atoms with van der Waals surface area (Å²) < 4.78 is 0. The first kappa shape index (κ1) is 24.2. The second kappa shape index (κ2) is 15.9. The summed E-state index contributed by atoms with van der Waals surface area (Å²) in [5.41, 5.74) is 2.58. The Kier molecular flexibility index (Phi) is 16.7. The fourth-order valence-corrected chi connectivity index (χ4v) is 1.34. The quantitative estimate of drug-likeness (QED) is 0.606. The number of hydrogen-bond donors (Lipinski definition) is 0. The molecule has 2 rings (SSSR count). The van der Waals surface area contributed by atoms with Crippen LogP contribution in [0.2, 0.25) is 0 Å². The predicted molar refractivity (Wildman–Crippen MR) is 97.1 cm³/mol. The molecule has 0 saturated heterocycles. The molecule has 122 valence electrons. The molecule has 2 aromatic rings. The average Bonchev–Trinajstić information content (AvgIpc) is 2.48. The molecule has 3 heteroatoms. The van der Waals surface area contributed by atoms with Gasteiger partial charge in [-0.2, -0.15) is 71.8 Å². The maximum absolute atomic E-state index is 2.93. The fraction of sp³-hybridized carbons (Fsp3) is 0.400. The Bertz CT molecular complexity index is 410. The smallest absolute Gasteiger partial charge is 0.308 e. The maximum atomic E-state index is 2.93. The van der Waals surface area contributed by atoms with Crippen molar-refractivity contribution >= 4 is 0 Å². The third kappa shape index (κ3) is 18.9. The Balaban J connectivity index is 0. The number of benzene rings is 2. The minimum Gasteiger partial charge on any atom is -0.308 e. The largest absolute Gasteiger partial charge is 2.00 e. The van der Waals surface area contributed by atoms with Crippen LogP contribution in [0.4, 0.5) is 0 Å². The van der Waals surface area contributed by atoms with Gasteiger partial charge >= 0.3 is 19.5 Å². The van der Waals surface area contributed by atoms with Crippen molar-refractivity contribution in [3.63, 3.8) is 0 Å². The van der Waals surface area contributed by atoms with Gasteiger partial charge in [-0.3, -0.25) is 0 Å². The first-order valence-electron chi connectivity index (χ1n) is 7.56. The molecule has 0 aromatic heterocycles. The van der Waals surface area contributed by atoms with Gasteiger partial charge in [-0.1, -0.05) is 13.8 Å². The summed E-state index contributed by atoms with van der Waals surface area (Å²) >= 11 is 0. The summed E-state index contributed by atoms with van der Waals surface area (Å²) in [4.78, 5) is 4.36. The third-order valence-corrected chi connectivity index (χ3v) is 2.76. The Labute approximate surface area is 156 Å². The van der Waals surface area contributed by atoms with E-state index < -0.39 is 0 Å². The van der Waals surface area contributed by atoms with E-state index in [2.05, 4.69) is 64.0 Å². The van der Waals surface area contributed by atoms with Crippen LogP contribution in [0.25, 0.3) is 0 Å². The summed E-state index contributed by atoms with van der Waals surface area (Å²) in [6.07, 6.45) is 0. The van der Waals surface area contributed by atoms with Crippen molar-refractivity contribution < 1.29 is 19.5 Å². The maximum Gasteiger partial charge on any atom is 2.00 e. The van der Waals surface area contributed by atoms with Crippen LogP contribution in [0.5, 0.6) is 0 Å². The molecular formula is C20H30N2Zn. The Morgan fingerprint density at radius 3 is 1.04 bits per heavy atom. The molecule has 0 amide bonds. The van der Waals surface area contributed by atoms with Crippen LogP contribution < -0.4 is 0 Å². The average molecular weight is 364 g/mol. The number of aryl methyl sites for hydroxylation is 2. The molecule has 2 aromatic carbocycles. The molecule has 23 heavy (non-hydrogen) atoms. The number of likely N-dealkylation sites (N-methyl/N-ethyl adjacent to an activating group) is 2. The van der Waals surface area contributed by atoms with E-state index in [4.69, 9.17) is 0 Å². The molecule has 0 atom stereocenters. The van der Waals surface area contributed by atoms with Crippen LogP contribution in [0.3, 0.4) is 0 Å². The monoisotopic (exact) mass is 362 g/mol. The van der Waals surface area contributed by atoms with Gasteiger partial charge in [0.1, 0.15) is 0 Å². The summed E-state index contributed by atoms with van der Waals surface area (Å²) in [6, 6.07) is 21.6. The summed E-state index contributed by atoms with van der Waals surface area (Å²) in [5.74, 6) is 0. The van der Waals surface area contributed by atoms with Gasteiger partial charge in [-0.25, -0.2) is 0 Å². The van der Waals surface area contributed by atoms with Gasteiger partial charge in [0.2, 0.25) is 0 Å². The second-order valence-corrected chi connectivity index (χ2v) is 5.76. The van der Waals surface area contributed by atoms with Crippen LogP contribution in [0.1, 0.15) is 11.1 Å². The van der Waals surface area contributed by atoms with Gasteiger partial charge < -0.3 is 9.80 Å². The van der Waals surface area contributed by atoms with Crippen LogP contribution in [-0.4, -0.2) is 51.1 Å². The molecular weight excluding hydrogens is 334 g/mol. The van der Waals surface area contributed by atoms with Crippen molar-refractivity contribution in [3.05, 3.63) is 71.8 Å². The van der Waals surface area contributed by atoms with Gasteiger partial charge in [0.15, 0.2) is 0 Å². The number of rotatable bonds is 3. The molecule has 0 aliphatic heterocycles. The van der Waals surface area contributed by atoms with Crippen molar-refractivity contribution in [1.29, 1.82) is 0 Å². The molecule has 2 nitrogen and oxygen atoms in total. The SMILES string of the molecule is CN(C)CCN(C)C.Cc1cc[c-]cc1.Cc1cc[c-]cc1.[Zn+2]. The van der Waals surface area contributed by atoms with Crippen molar-refractivity contribution in [3.8, 4) is 0 Å². The first-order valence-corrected chi connectivity index (χ1v) is 7.56. The van der Waals surface area contributed by atoms with Crippen LogP contribution >= 0.6 is 0 Å². The Morgan fingerprint density at radius 1 is 0.652 bits per heavy atom. The number of nitrogens with zero attached hydrogens (tertiary/aromatic N) is 2. The van der Waals surface area contributed by atoms with Crippen LogP contribution in [0, 0.1) is 26.0 Å². The van der Waals surface area contributed by atoms with E-state index in [0.29, 0.717) is 0 Å². The van der Waals surface area contributed by atoms with Gasteiger partial charge in [0.05, 0.1) is 0 Å².